The van der Waals surface area contributed by atoms with Gasteiger partial charge in [-0.3, -0.25) is 9.59 Å². The van der Waals surface area contributed by atoms with Crippen LogP contribution in [0.2, 0.25) is 0 Å². The van der Waals surface area contributed by atoms with E-state index in [1.807, 2.05) is 0 Å². The van der Waals surface area contributed by atoms with Gasteiger partial charge >= 0.3 is 0 Å². The van der Waals surface area contributed by atoms with Gasteiger partial charge < -0.3 is 10.2 Å². The van der Waals surface area contributed by atoms with E-state index in [4.69, 9.17) is 0 Å². The third kappa shape index (κ3) is 5.23. The van der Waals surface area contributed by atoms with Gasteiger partial charge in [-0.25, -0.2) is 0 Å². The number of carbonyl (C=O) groups is 2. The number of phenols is 2. The van der Waals surface area contributed by atoms with Crippen molar-refractivity contribution in [2.45, 2.75) is 32.6 Å². The molecule has 1 fully saturated rings. The van der Waals surface area contributed by atoms with Crippen LogP contribution in [0, 0.1) is 11.3 Å². The molecule has 4 heteroatoms. The Labute approximate surface area is 171 Å². The fourth-order valence-corrected chi connectivity index (χ4v) is 3.57. The van der Waals surface area contributed by atoms with Crippen molar-refractivity contribution in [1.29, 1.82) is 0 Å². The fraction of sp³-hybridized carbons (Fsp3) is 0.280. The summed E-state index contributed by atoms with van der Waals surface area (Å²) in [6.45, 7) is 1.72. The van der Waals surface area contributed by atoms with Crippen LogP contribution >= 0.6 is 0 Å². The maximum Gasteiger partial charge on any atom is 0.169 e. The predicted octanol–water partition coefficient (Wildman–Crippen LogP) is 5.16. The lowest BCUT2D eigenvalue weighted by Gasteiger charge is -2.33. The van der Waals surface area contributed by atoms with Gasteiger partial charge in [0, 0.05) is 0 Å². The van der Waals surface area contributed by atoms with Crippen LogP contribution in [0.3, 0.4) is 0 Å². The molecule has 0 heterocycles. The van der Waals surface area contributed by atoms with Crippen LogP contribution in [0.1, 0.15) is 43.7 Å². The van der Waals surface area contributed by atoms with Crippen molar-refractivity contribution in [3.63, 3.8) is 0 Å². The summed E-state index contributed by atoms with van der Waals surface area (Å²) >= 11 is 0. The Balaban J connectivity index is 1.81. The average Bonchev–Trinajstić information content (AvgIpc) is 2.67. The summed E-state index contributed by atoms with van der Waals surface area (Å²) < 4.78 is 0. The maximum absolute atomic E-state index is 13.1. The maximum atomic E-state index is 13.1. The molecule has 2 N–H and O–H groups in total. The van der Waals surface area contributed by atoms with Gasteiger partial charge in [-0.2, -0.15) is 0 Å². The molecule has 0 saturated heterocycles. The van der Waals surface area contributed by atoms with E-state index in [1.165, 1.54) is 12.2 Å². The minimum Gasteiger partial charge on any atom is -0.508 e. The Bertz CT molecular complexity index is 883. The first-order valence-electron chi connectivity index (χ1n) is 9.90. The molecule has 0 spiro atoms. The zero-order valence-corrected chi connectivity index (χ0v) is 16.5. The van der Waals surface area contributed by atoms with Crippen LogP contribution in [0.25, 0.3) is 12.2 Å². The van der Waals surface area contributed by atoms with E-state index in [0.29, 0.717) is 23.5 Å². The van der Waals surface area contributed by atoms with Crippen molar-refractivity contribution >= 4 is 23.7 Å². The first kappa shape index (κ1) is 20.6. The summed E-state index contributed by atoms with van der Waals surface area (Å²) in [6.07, 6.45) is 9.90. The minimum absolute atomic E-state index is 0.127. The Morgan fingerprint density at radius 3 is 1.79 bits per heavy atom. The van der Waals surface area contributed by atoms with E-state index in [0.717, 1.165) is 19.3 Å². The van der Waals surface area contributed by atoms with Gasteiger partial charge in [0.1, 0.15) is 11.5 Å². The lowest BCUT2D eigenvalue weighted by molar-refractivity contribution is -0.135. The molecule has 0 bridgehead atoms. The highest BCUT2D eigenvalue weighted by molar-refractivity contribution is 6.17. The molecule has 1 aliphatic carbocycles. The number of hydrogen-bond donors (Lipinski definition) is 2. The highest BCUT2D eigenvalue weighted by Crippen LogP contribution is 2.39. The van der Waals surface area contributed by atoms with Crippen molar-refractivity contribution < 1.29 is 19.8 Å². The monoisotopic (exact) mass is 390 g/mol. The second kappa shape index (κ2) is 8.91. The first-order chi connectivity index (χ1) is 13.9. The highest BCUT2D eigenvalue weighted by Gasteiger charge is 2.41. The molecule has 0 aromatic heterocycles. The number of benzene rings is 2. The van der Waals surface area contributed by atoms with Crippen LogP contribution in [0.5, 0.6) is 11.5 Å². The lowest BCUT2D eigenvalue weighted by Crippen LogP contribution is -2.37. The molecule has 0 atom stereocenters. The second-order valence-electron chi connectivity index (χ2n) is 7.92. The Morgan fingerprint density at radius 2 is 1.41 bits per heavy atom. The topological polar surface area (TPSA) is 74.6 Å². The Kier molecular flexibility index (Phi) is 6.32. The standard InChI is InChI=1S/C25H26O4/c1-25(17-20-7-2-8-20,23(28)13-11-18-5-3-9-21(26)15-18)24(29)14-12-19-6-4-10-22(27)16-19/h3-6,9-16,20,26-27H,2,7-8,17H2,1H3. The van der Waals surface area contributed by atoms with Crippen molar-refractivity contribution in [3.8, 4) is 11.5 Å². The molecule has 3 rings (SSSR count). The fourth-order valence-electron chi connectivity index (χ4n) is 3.57. The van der Waals surface area contributed by atoms with E-state index >= 15 is 0 Å². The van der Waals surface area contributed by atoms with Gasteiger partial charge in [0.05, 0.1) is 5.41 Å². The first-order valence-corrected chi connectivity index (χ1v) is 9.90. The number of ketones is 2. The molecular formula is C25H26O4. The zero-order valence-electron chi connectivity index (χ0n) is 16.5. The molecule has 1 saturated carbocycles. The summed E-state index contributed by atoms with van der Waals surface area (Å²) in [6, 6.07) is 13.2. The molecule has 29 heavy (non-hydrogen) atoms. The second-order valence-corrected chi connectivity index (χ2v) is 7.92. The minimum atomic E-state index is -1.13. The van der Waals surface area contributed by atoms with Gasteiger partial charge in [-0.1, -0.05) is 55.7 Å². The van der Waals surface area contributed by atoms with Crippen molar-refractivity contribution in [3.05, 3.63) is 71.8 Å². The molecule has 0 radical (unpaired) electrons. The highest BCUT2D eigenvalue weighted by atomic mass is 16.3. The van der Waals surface area contributed by atoms with Gasteiger partial charge in [0.25, 0.3) is 0 Å². The summed E-state index contributed by atoms with van der Waals surface area (Å²) in [7, 11) is 0. The number of allylic oxidation sites excluding steroid dienone is 2. The van der Waals surface area contributed by atoms with E-state index < -0.39 is 5.41 Å². The summed E-state index contributed by atoms with van der Waals surface area (Å²) in [5.41, 5.74) is 0.269. The number of aromatic hydroxyl groups is 2. The SMILES string of the molecule is CC(CC1CCC1)(C(=O)C=Cc1cccc(O)c1)C(=O)C=Cc1cccc(O)c1. The zero-order chi connectivity index (χ0) is 20.9. The van der Waals surface area contributed by atoms with Crippen LogP contribution in [0.15, 0.2) is 60.7 Å². The number of rotatable bonds is 8. The quantitative estimate of drug-likeness (QED) is 0.482. The molecule has 0 unspecified atom stereocenters. The molecule has 2 aromatic rings. The van der Waals surface area contributed by atoms with E-state index in [-0.39, 0.29) is 23.1 Å². The van der Waals surface area contributed by atoms with Gasteiger partial charge in [0.15, 0.2) is 11.6 Å². The summed E-state index contributed by atoms with van der Waals surface area (Å²) in [4.78, 5) is 26.1. The Morgan fingerprint density at radius 1 is 0.931 bits per heavy atom. The third-order valence-electron chi connectivity index (χ3n) is 5.60. The van der Waals surface area contributed by atoms with Gasteiger partial charge in [-0.05, 0) is 66.8 Å². The van der Waals surface area contributed by atoms with E-state index in [2.05, 4.69) is 0 Å². The van der Waals surface area contributed by atoms with Crippen molar-refractivity contribution in [2.75, 3.05) is 0 Å². The van der Waals surface area contributed by atoms with E-state index in [9.17, 15) is 19.8 Å². The Hall–Kier alpha value is -3.14. The van der Waals surface area contributed by atoms with Crippen LogP contribution < -0.4 is 0 Å². The lowest BCUT2D eigenvalue weighted by atomic mass is 9.68. The summed E-state index contributed by atoms with van der Waals surface area (Å²) in [5.74, 6) is 0.164. The third-order valence-corrected chi connectivity index (χ3v) is 5.60. The molecule has 2 aromatic carbocycles. The normalized spacial score (nSPS) is 16.6. The van der Waals surface area contributed by atoms with Crippen molar-refractivity contribution in [1.82, 2.24) is 0 Å². The smallest absolute Gasteiger partial charge is 0.169 e. The number of hydrogen-bond acceptors (Lipinski definition) is 4. The molecule has 4 nitrogen and oxygen atoms in total. The van der Waals surface area contributed by atoms with Gasteiger partial charge in [-0.15, -0.1) is 0 Å². The summed E-state index contributed by atoms with van der Waals surface area (Å²) in [5, 5.41) is 19.2. The van der Waals surface area contributed by atoms with Crippen LogP contribution in [0.4, 0.5) is 0 Å². The van der Waals surface area contributed by atoms with E-state index in [1.54, 1.807) is 67.6 Å². The molecular weight excluding hydrogens is 364 g/mol. The molecule has 150 valence electrons. The van der Waals surface area contributed by atoms with Gasteiger partial charge in [0.2, 0.25) is 0 Å². The molecule has 0 aliphatic heterocycles. The molecule has 0 amide bonds. The molecule has 1 aliphatic rings. The van der Waals surface area contributed by atoms with Crippen LogP contribution in [-0.4, -0.2) is 21.8 Å². The van der Waals surface area contributed by atoms with Crippen LogP contribution in [-0.2, 0) is 9.59 Å². The average molecular weight is 390 g/mol. The number of carbonyl (C=O) groups excluding carboxylic acids is 2. The predicted molar refractivity (Wildman–Crippen MR) is 114 cm³/mol. The van der Waals surface area contributed by atoms with Crippen molar-refractivity contribution in [2.24, 2.45) is 11.3 Å². The number of phenolic OH excluding ortho intramolecular Hbond substituents is 2. The largest absolute Gasteiger partial charge is 0.508 e.